The van der Waals surface area contributed by atoms with Gasteiger partial charge >= 0.3 is 0 Å². The first-order valence-electron chi connectivity index (χ1n) is 5.10. The highest BCUT2D eigenvalue weighted by Gasteiger charge is 2.15. The Morgan fingerprint density at radius 2 is 2.07 bits per heavy atom. The van der Waals surface area contributed by atoms with E-state index < -0.39 is 0 Å². The Labute approximate surface area is 89.0 Å². The van der Waals surface area contributed by atoms with Gasteiger partial charge in [0.2, 0.25) is 5.96 Å². The minimum absolute atomic E-state index is 0.201. The van der Waals surface area contributed by atoms with E-state index in [1.54, 1.807) is 0 Å². The van der Waals surface area contributed by atoms with Crippen LogP contribution in [0, 0.1) is 0 Å². The van der Waals surface area contributed by atoms with E-state index in [1.165, 1.54) is 11.1 Å². The number of rotatable bonds is 0. The molecule has 0 saturated carbocycles. The third kappa shape index (κ3) is 2.03. The molecule has 0 radical (unpaired) electrons. The van der Waals surface area contributed by atoms with Crippen molar-refractivity contribution in [2.24, 2.45) is 10.9 Å². The van der Waals surface area contributed by atoms with Crippen LogP contribution in [-0.4, -0.2) is 22.6 Å². The molecule has 0 bridgehead atoms. The third-order valence-electron chi connectivity index (χ3n) is 2.78. The minimum atomic E-state index is 0.201. The smallest absolute Gasteiger partial charge is 0.233 e. The first-order valence-corrected chi connectivity index (χ1v) is 5.10. The molecule has 1 aliphatic rings. The largest absolute Gasteiger partial charge is 0.408 e. The molecule has 1 heterocycles. The number of hydrogen-bond donors (Lipinski definition) is 2. The van der Waals surface area contributed by atoms with Gasteiger partial charge < -0.3 is 15.8 Å². The van der Waals surface area contributed by atoms with Crippen LogP contribution in [-0.2, 0) is 13.0 Å². The van der Waals surface area contributed by atoms with Crippen molar-refractivity contribution in [1.82, 2.24) is 4.90 Å². The molecule has 0 aliphatic carbocycles. The van der Waals surface area contributed by atoms with Gasteiger partial charge in [-0.2, -0.15) is 0 Å². The second-order valence-electron chi connectivity index (χ2n) is 3.75. The molecule has 2 rings (SSSR count). The van der Waals surface area contributed by atoms with Crippen LogP contribution in [0.2, 0.25) is 0 Å². The number of nitrogens with two attached hydrogens (primary N) is 1. The summed E-state index contributed by atoms with van der Waals surface area (Å²) in [5, 5.41) is 11.7. The molecule has 1 aromatic carbocycles. The van der Waals surface area contributed by atoms with Gasteiger partial charge in [-0.1, -0.05) is 29.4 Å². The second-order valence-corrected chi connectivity index (χ2v) is 3.75. The minimum Gasteiger partial charge on any atom is -0.408 e. The Morgan fingerprint density at radius 1 is 1.33 bits per heavy atom. The van der Waals surface area contributed by atoms with Gasteiger partial charge in [0.15, 0.2) is 0 Å². The molecule has 0 atom stereocenters. The lowest BCUT2D eigenvalue weighted by Crippen LogP contribution is -2.36. The number of oxime groups is 1. The fourth-order valence-corrected chi connectivity index (χ4v) is 1.96. The number of nitrogens with zero attached hydrogens (tertiary/aromatic N) is 2. The maximum Gasteiger partial charge on any atom is 0.233 e. The molecule has 4 nitrogen and oxygen atoms in total. The molecule has 3 N–H and O–H groups in total. The Balaban J connectivity index is 2.25. The molecule has 15 heavy (non-hydrogen) atoms. The summed E-state index contributed by atoms with van der Waals surface area (Å²) in [4.78, 5) is 1.89. The number of guanidine groups is 1. The van der Waals surface area contributed by atoms with Crippen molar-refractivity contribution in [3.8, 4) is 0 Å². The molecular formula is C11H15N3O. The predicted molar refractivity (Wildman–Crippen MR) is 58.6 cm³/mol. The first kappa shape index (κ1) is 9.83. The number of fused-ring (bicyclic) bond motifs is 1. The summed E-state index contributed by atoms with van der Waals surface area (Å²) in [6.45, 7) is 1.57. The molecule has 1 aliphatic heterocycles. The number of aryl methyl sites for hydroxylation is 1. The molecular weight excluding hydrogens is 190 g/mol. The van der Waals surface area contributed by atoms with Gasteiger partial charge in [0.25, 0.3) is 0 Å². The van der Waals surface area contributed by atoms with Gasteiger partial charge in [-0.25, -0.2) is 0 Å². The summed E-state index contributed by atoms with van der Waals surface area (Å²) in [5.74, 6) is 0.201. The third-order valence-corrected chi connectivity index (χ3v) is 2.78. The van der Waals surface area contributed by atoms with E-state index in [0.29, 0.717) is 0 Å². The van der Waals surface area contributed by atoms with E-state index in [2.05, 4.69) is 23.4 Å². The maximum atomic E-state index is 8.65. The van der Waals surface area contributed by atoms with Gasteiger partial charge in [-0.3, -0.25) is 0 Å². The lowest BCUT2D eigenvalue weighted by molar-refractivity contribution is 0.296. The van der Waals surface area contributed by atoms with Gasteiger partial charge in [-0.15, -0.1) is 0 Å². The van der Waals surface area contributed by atoms with Crippen LogP contribution in [0.4, 0.5) is 0 Å². The molecule has 80 valence electrons. The normalized spacial score (nSPS) is 17.1. The quantitative estimate of drug-likeness (QED) is 0.289. The lowest BCUT2D eigenvalue weighted by Gasteiger charge is -2.20. The highest BCUT2D eigenvalue weighted by Crippen LogP contribution is 2.17. The highest BCUT2D eigenvalue weighted by atomic mass is 16.4. The second kappa shape index (κ2) is 4.21. The summed E-state index contributed by atoms with van der Waals surface area (Å²) >= 11 is 0. The molecule has 0 fully saturated rings. The predicted octanol–water partition coefficient (Wildman–Crippen LogP) is 1.14. The molecule has 0 saturated heterocycles. The zero-order chi connectivity index (χ0) is 10.7. The van der Waals surface area contributed by atoms with Crippen LogP contribution >= 0.6 is 0 Å². The van der Waals surface area contributed by atoms with Crippen molar-refractivity contribution in [3.05, 3.63) is 35.4 Å². The fourth-order valence-electron chi connectivity index (χ4n) is 1.96. The molecule has 0 unspecified atom stereocenters. The summed E-state index contributed by atoms with van der Waals surface area (Å²) < 4.78 is 0. The van der Waals surface area contributed by atoms with Crippen molar-refractivity contribution >= 4 is 5.96 Å². The highest BCUT2D eigenvalue weighted by molar-refractivity contribution is 5.77. The average Bonchev–Trinajstić information content (AvgIpc) is 2.49. The number of benzene rings is 1. The summed E-state index contributed by atoms with van der Waals surface area (Å²) in [5.41, 5.74) is 8.23. The lowest BCUT2D eigenvalue weighted by atomic mass is 10.0. The SMILES string of the molecule is NC(=NO)N1CCCc2ccccc2C1. The maximum absolute atomic E-state index is 8.65. The number of hydrogen-bond acceptors (Lipinski definition) is 2. The monoisotopic (exact) mass is 205 g/mol. The van der Waals surface area contributed by atoms with Gasteiger partial charge in [0.05, 0.1) is 0 Å². The van der Waals surface area contributed by atoms with Crippen LogP contribution in [0.5, 0.6) is 0 Å². The van der Waals surface area contributed by atoms with Crippen LogP contribution in [0.15, 0.2) is 29.4 Å². The zero-order valence-corrected chi connectivity index (χ0v) is 8.56. The van der Waals surface area contributed by atoms with E-state index in [-0.39, 0.29) is 5.96 Å². The van der Waals surface area contributed by atoms with Crippen LogP contribution in [0.25, 0.3) is 0 Å². The van der Waals surface area contributed by atoms with Crippen molar-refractivity contribution in [3.63, 3.8) is 0 Å². The fraction of sp³-hybridized carbons (Fsp3) is 0.364. The summed E-state index contributed by atoms with van der Waals surface area (Å²) in [7, 11) is 0. The van der Waals surface area contributed by atoms with Crippen molar-refractivity contribution < 1.29 is 5.21 Å². The molecule has 0 spiro atoms. The van der Waals surface area contributed by atoms with Crippen molar-refractivity contribution in [1.29, 1.82) is 0 Å². The first-order chi connectivity index (χ1) is 7.31. The Hall–Kier alpha value is -1.71. The summed E-state index contributed by atoms with van der Waals surface area (Å²) in [6.07, 6.45) is 2.10. The van der Waals surface area contributed by atoms with E-state index in [4.69, 9.17) is 10.9 Å². The van der Waals surface area contributed by atoms with E-state index in [0.717, 1.165) is 25.9 Å². The van der Waals surface area contributed by atoms with E-state index in [1.807, 2.05) is 11.0 Å². The van der Waals surface area contributed by atoms with Crippen LogP contribution in [0.3, 0.4) is 0 Å². The van der Waals surface area contributed by atoms with Crippen molar-refractivity contribution in [2.75, 3.05) is 6.54 Å². The zero-order valence-electron chi connectivity index (χ0n) is 8.56. The Morgan fingerprint density at radius 3 is 2.80 bits per heavy atom. The van der Waals surface area contributed by atoms with Gasteiger partial charge in [-0.05, 0) is 24.0 Å². The van der Waals surface area contributed by atoms with E-state index in [9.17, 15) is 0 Å². The Kier molecular flexibility index (Phi) is 2.76. The average molecular weight is 205 g/mol. The van der Waals surface area contributed by atoms with E-state index >= 15 is 0 Å². The molecule has 0 amide bonds. The van der Waals surface area contributed by atoms with Gasteiger partial charge in [0.1, 0.15) is 0 Å². The summed E-state index contributed by atoms with van der Waals surface area (Å²) in [6, 6.07) is 8.32. The molecule has 1 aromatic rings. The molecule has 4 heteroatoms. The molecule has 0 aromatic heterocycles. The topological polar surface area (TPSA) is 61.9 Å². The van der Waals surface area contributed by atoms with Gasteiger partial charge in [0, 0.05) is 13.1 Å². The van der Waals surface area contributed by atoms with Crippen LogP contribution in [0.1, 0.15) is 17.5 Å². The van der Waals surface area contributed by atoms with Crippen molar-refractivity contribution in [2.45, 2.75) is 19.4 Å². The standard InChI is InChI=1S/C11H15N3O/c12-11(13-15)14-7-3-6-9-4-1-2-5-10(9)8-14/h1-2,4-5,15H,3,6-8H2,(H2,12,13). The Bertz CT molecular complexity index is 376. The van der Waals surface area contributed by atoms with Crippen LogP contribution < -0.4 is 5.73 Å².